The average molecular weight is 458 g/mol. The fourth-order valence-corrected chi connectivity index (χ4v) is 4.00. The first-order valence-corrected chi connectivity index (χ1v) is 9.52. The van der Waals surface area contributed by atoms with Gasteiger partial charge in [-0.3, -0.25) is 9.59 Å². The van der Waals surface area contributed by atoms with Gasteiger partial charge in [-0.2, -0.15) is 0 Å². The predicted molar refractivity (Wildman–Crippen MR) is 100 cm³/mol. The number of aryl methyl sites for hydroxylation is 1. The molecule has 1 aliphatic carbocycles. The van der Waals surface area contributed by atoms with Gasteiger partial charge in [0.05, 0.1) is 8.66 Å². The Kier molecular flexibility index (Phi) is 4.89. The first kappa shape index (κ1) is 16.7. The highest BCUT2D eigenvalue weighted by atomic mass is 79.9. The zero-order valence-electron chi connectivity index (χ0n) is 12.3. The molecule has 0 saturated heterocycles. The number of rotatable bonds is 4. The lowest BCUT2D eigenvalue weighted by molar-refractivity contribution is -0.117. The van der Waals surface area contributed by atoms with Crippen LogP contribution in [0.25, 0.3) is 0 Å². The van der Waals surface area contributed by atoms with Crippen molar-refractivity contribution >= 4 is 66.4 Å². The minimum absolute atomic E-state index is 0.0530. The molecule has 1 aromatic carbocycles. The summed E-state index contributed by atoms with van der Waals surface area (Å²) < 4.78 is 1.74. The number of amides is 2. The van der Waals surface area contributed by atoms with Gasteiger partial charge in [-0.15, -0.1) is 11.3 Å². The fourth-order valence-electron chi connectivity index (χ4n) is 2.07. The molecule has 1 aromatic heterocycles. The van der Waals surface area contributed by atoms with Crippen LogP contribution in [-0.2, 0) is 4.79 Å². The van der Waals surface area contributed by atoms with Crippen LogP contribution in [0.1, 0.15) is 28.1 Å². The number of hydrogen-bond donors (Lipinski definition) is 2. The smallest absolute Gasteiger partial charge is 0.265 e. The molecule has 0 bridgehead atoms. The largest absolute Gasteiger partial charge is 0.326 e. The van der Waals surface area contributed by atoms with Crippen LogP contribution in [-0.4, -0.2) is 11.8 Å². The summed E-state index contributed by atoms with van der Waals surface area (Å²) in [6.45, 7) is 1.92. The number of anilines is 2. The summed E-state index contributed by atoms with van der Waals surface area (Å²) >= 11 is 8.13. The Balaban J connectivity index is 1.75. The Bertz CT molecular complexity index is 765. The molecule has 0 radical (unpaired) electrons. The van der Waals surface area contributed by atoms with E-state index in [1.54, 1.807) is 12.1 Å². The molecule has 120 valence electrons. The SMILES string of the molecule is Cc1ccc(NC(=O)C2CC2)cc1NC(=O)c1cc(Br)c(Br)s1. The molecule has 0 unspecified atom stereocenters. The van der Waals surface area contributed by atoms with Crippen molar-refractivity contribution in [3.05, 3.63) is 43.0 Å². The molecular weight excluding hydrogens is 444 g/mol. The number of carbonyl (C=O) groups excluding carboxylic acids is 2. The Morgan fingerprint density at radius 3 is 2.52 bits per heavy atom. The molecule has 0 atom stereocenters. The summed E-state index contributed by atoms with van der Waals surface area (Å²) in [7, 11) is 0. The maximum atomic E-state index is 12.4. The van der Waals surface area contributed by atoms with Crippen molar-refractivity contribution < 1.29 is 9.59 Å². The van der Waals surface area contributed by atoms with E-state index in [1.165, 1.54) is 11.3 Å². The van der Waals surface area contributed by atoms with E-state index in [4.69, 9.17) is 0 Å². The standard InChI is InChI=1S/C16H14Br2N2O2S/c1-8-2-5-10(19-15(21)9-3-4-9)6-12(8)20-16(22)13-7-11(17)14(18)23-13/h2,5-7,9H,3-4H2,1H3,(H,19,21)(H,20,22). The number of nitrogens with one attached hydrogen (secondary N) is 2. The van der Waals surface area contributed by atoms with E-state index in [1.807, 2.05) is 19.1 Å². The Morgan fingerprint density at radius 2 is 1.91 bits per heavy atom. The summed E-state index contributed by atoms with van der Waals surface area (Å²) in [5.74, 6) is 0.0302. The topological polar surface area (TPSA) is 58.2 Å². The fraction of sp³-hybridized carbons (Fsp3) is 0.250. The lowest BCUT2D eigenvalue weighted by Gasteiger charge is -2.11. The van der Waals surface area contributed by atoms with Gasteiger partial charge >= 0.3 is 0 Å². The third-order valence-electron chi connectivity index (χ3n) is 3.57. The zero-order chi connectivity index (χ0) is 16.6. The lowest BCUT2D eigenvalue weighted by atomic mass is 10.1. The van der Waals surface area contributed by atoms with Gasteiger partial charge in [0.2, 0.25) is 5.91 Å². The molecule has 2 amide bonds. The van der Waals surface area contributed by atoms with Crippen LogP contribution in [0.2, 0.25) is 0 Å². The van der Waals surface area contributed by atoms with E-state index in [2.05, 4.69) is 42.5 Å². The monoisotopic (exact) mass is 456 g/mol. The summed E-state index contributed by atoms with van der Waals surface area (Å²) in [5.41, 5.74) is 2.35. The van der Waals surface area contributed by atoms with E-state index in [0.717, 1.165) is 26.7 Å². The van der Waals surface area contributed by atoms with E-state index >= 15 is 0 Å². The quantitative estimate of drug-likeness (QED) is 0.664. The molecule has 0 aliphatic heterocycles. The van der Waals surface area contributed by atoms with E-state index in [9.17, 15) is 9.59 Å². The number of halogens is 2. The third kappa shape index (κ3) is 4.02. The Labute approximate surface area is 154 Å². The molecular formula is C16H14Br2N2O2S. The Morgan fingerprint density at radius 1 is 1.17 bits per heavy atom. The van der Waals surface area contributed by atoms with Crippen molar-refractivity contribution in [2.75, 3.05) is 10.6 Å². The van der Waals surface area contributed by atoms with Crippen LogP contribution in [0.5, 0.6) is 0 Å². The van der Waals surface area contributed by atoms with Gasteiger partial charge in [0.25, 0.3) is 5.91 Å². The average Bonchev–Trinajstić information content (AvgIpc) is 3.29. The number of carbonyl (C=O) groups is 2. The second-order valence-corrected chi connectivity index (χ2v) is 8.70. The molecule has 1 fully saturated rings. The Hall–Kier alpha value is -1.18. The highest BCUT2D eigenvalue weighted by Crippen LogP contribution is 2.33. The second kappa shape index (κ2) is 6.75. The molecule has 3 rings (SSSR count). The van der Waals surface area contributed by atoms with Crippen LogP contribution in [0.4, 0.5) is 11.4 Å². The maximum absolute atomic E-state index is 12.4. The summed E-state index contributed by atoms with van der Waals surface area (Å²) in [6.07, 6.45) is 1.92. The summed E-state index contributed by atoms with van der Waals surface area (Å²) in [4.78, 5) is 24.8. The minimum atomic E-state index is -0.171. The van der Waals surface area contributed by atoms with Crippen LogP contribution >= 0.6 is 43.2 Å². The van der Waals surface area contributed by atoms with Crippen LogP contribution in [0, 0.1) is 12.8 Å². The van der Waals surface area contributed by atoms with Gasteiger partial charge in [-0.1, -0.05) is 6.07 Å². The van der Waals surface area contributed by atoms with Crippen molar-refractivity contribution in [2.45, 2.75) is 19.8 Å². The molecule has 0 spiro atoms. The molecule has 1 saturated carbocycles. The molecule has 7 heteroatoms. The highest BCUT2D eigenvalue weighted by Gasteiger charge is 2.29. The maximum Gasteiger partial charge on any atom is 0.265 e. The van der Waals surface area contributed by atoms with Gasteiger partial charge in [-0.05, 0) is 75.4 Å². The van der Waals surface area contributed by atoms with E-state index in [-0.39, 0.29) is 17.7 Å². The third-order valence-corrected chi connectivity index (χ3v) is 6.83. The van der Waals surface area contributed by atoms with Gasteiger partial charge in [0.15, 0.2) is 0 Å². The predicted octanol–water partition coefficient (Wildman–Crippen LogP) is 5.18. The molecule has 2 N–H and O–H groups in total. The van der Waals surface area contributed by atoms with E-state index < -0.39 is 0 Å². The molecule has 1 heterocycles. The zero-order valence-corrected chi connectivity index (χ0v) is 16.3. The molecule has 23 heavy (non-hydrogen) atoms. The van der Waals surface area contributed by atoms with Gasteiger partial charge in [0, 0.05) is 21.8 Å². The van der Waals surface area contributed by atoms with Crippen molar-refractivity contribution in [3.63, 3.8) is 0 Å². The van der Waals surface area contributed by atoms with Crippen molar-refractivity contribution in [1.29, 1.82) is 0 Å². The van der Waals surface area contributed by atoms with Gasteiger partial charge < -0.3 is 10.6 Å². The lowest BCUT2D eigenvalue weighted by Crippen LogP contribution is -2.15. The van der Waals surface area contributed by atoms with Gasteiger partial charge in [0.1, 0.15) is 0 Å². The van der Waals surface area contributed by atoms with Crippen molar-refractivity contribution in [1.82, 2.24) is 0 Å². The van der Waals surface area contributed by atoms with Crippen LogP contribution in [0.15, 0.2) is 32.5 Å². The number of benzene rings is 1. The summed E-state index contributed by atoms with van der Waals surface area (Å²) in [5, 5.41) is 5.80. The minimum Gasteiger partial charge on any atom is -0.326 e. The molecule has 4 nitrogen and oxygen atoms in total. The van der Waals surface area contributed by atoms with Crippen LogP contribution < -0.4 is 10.6 Å². The van der Waals surface area contributed by atoms with Crippen molar-refractivity contribution in [3.8, 4) is 0 Å². The molecule has 1 aliphatic rings. The number of thiophene rings is 1. The van der Waals surface area contributed by atoms with Crippen LogP contribution in [0.3, 0.4) is 0 Å². The second-order valence-electron chi connectivity index (χ2n) is 5.48. The molecule has 2 aromatic rings. The first-order valence-electron chi connectivity index (χ1n) is 7.12. The van der Waals surface area contributed by atoms with Crippen molar-refractivity contribution in [2.24, 2.45) is 5.92 Å². The van der Waals surface area contributed by atoms with E-state index in [0.29, 0.717) is 16.3 Å². The normalized spacial score (nSPS) is 13.7. The van der Waals surface area contributed by atoms with Gasteiger partial charge in [-0.25, -0.2) is 0 Å². The number of hydrogen-bond acceptors (Lipinski definition) is 3. The first-order chi connectivity index (χ1) is 10.9. The highest BCUT2D eigenvalue weighted by molar-refractivity contribution is 9.13. The summed E-state index contributed by atoms with van der Waals surface area (Å²) in [6, 6.07) is 7.31.